The van der Waals surface area contributed by atoms with E-state index in [1.54, 1.807) is 11.4 Å². The van der Waals surface area contributed by atoms with E-state index < -0.39 is 10.2 Å². The third kappa shape index (κ3) is 3.64. The van der Waals surface area contributed by atoms with E-state index in [4.69, 9.17) is 5.73 Å². The summed E-state index contributed by atoms with van der Waals surface area (Å²) in [6.45, 7) is 5.80. The molecule has 0 aromatic carbocycles. The van der Waals surface area contributed by atoms with Gasteiger partial charge in [-0.1, -0.05) is 6.92 Å². The quantitative estimate of drug-likeness (QED) is 0.791. The van der Waals surface area contributed by atoms with Crippen molar-refractivity contribution in [3.05, 3.63) is 0 Å². The Balaban J connectivity index is 2.72. The predicted molar refractivity (Wildman–Crippen MR) is 69.8 cm³/mol. The second-order valence-corrected chi connectivity index (χ2v) is 7.04. The van der Waals surface area contributed by atoms with Crippen LogP contribution in [0.1, 0.15) is 33.1 Å². The van der Waals surface area contributed by atoms with Gasteiger partial charge >= 0.3 is 0 Å². The van der Waals surface area contributed by atoms with Gasteiger partial charge in [0.2, 0.25) is 0 Å². The molecular weight excluding hydrogens is 238 g/mol. The van der Waals surface area contributed by atoms with Gasteiger partial charge in [-0.3, -0.25) is 0 Å². The van der Waals surface area contributed by atoms with Gasteiger partial charge < -0.3 is 5.73 Å². The van der Waals surface area contributed by atoms with Crippen LogP contribution < -0.4 is 5.73 Å². The van der Waals surface area contributed by atoms with E-state index in [9.17, 15) is 8.42 Å². The number of hydrogen-bond donors (Lipinski definition) is 1. The van der Waals surface area contributed by atoms with E-state index in [-0.39, 0.29) is 6.04 Å². The molecule has 5 nitrogen and oxygen atoms in total. The van der Waals surface area contributed by atoms with Crippen LogP contribution in [0.25, 0.3) is 0 Å². The average molecular weight is 263 g/mol. The lowest BCUT2D eigenvalue weighted by atomic mass is 10.0. The van der Waals surface area contributed by atoms with E-state index >= 15 is 0 Å². The summed E-state index contributed by atoms with van der Waals surface area (Å²) < 4.78 is 27.8. The van der Waals surface area contributed by atoms with Crippen LogP contribution in [0.3, 0.4) is 0 Å². The van der Waals surface area contributed by atoms with Gasteiger partial charge in [0.15, 0.2) is 0 Å². The van der Waals surface area contributed by atoms with E-state index in [1.807, 2.05) is 6.92 Å². The molecule has 0 aromatic heterocycles. The molecule has 0 spiro atoms. The third-order valence-corrected chi connectivity index (χ3v) is 5.59. The molecule has 102 valence electrons. The van der Waals surface area contributed by atoms with Crippen LogP contribution in [-0.4, -0.2) is 49.8 Å². The number of piperidine rings is 1. The number of rotatable bonds is 5. The fourth-order valence-corrected chi connectivity index (χ4v) is 3.92. The largest absolute Gasteiger partial charge is 0.330 e. The summed E-state index contributed by atoms with van der Waals surface area (Å²) >= 11 is 0. The maximum Gasteiger partial charge on any atom is 0.281 e. The molecule has 0 aliphatic carbocycles. The SMILES string of the molecule is CC1CCCN(S(=O)(=O)N(C)C(C)CCN)C1. The van der Waals surface area contributed by atoms with E-state index in [1.165, 1.54) is 4.31 Å². The van der Waals surface area contributed by atoms with Crippen LogP contribution in [0.15, 0.2) is 0 Å². The lowest BCUT2D eigenvalue weighted by Gasteiger charge is -2.35. The first-order valence-corrected chi connectivity index (χ1v) is 7.72. The summed E-state index contributed by atoms with van der Waals surface area (Å²) in [6, 6.07) is -0.0396. The number of nitrogens with two attached hydrogens (primary N) is 1. The Bertz CT molecular complexity index is 332. The van der Waals surface area contributed by atoms with Crippen LogP contribution in [0.2, 0.25) is 0 Å². The molecule has 6 heteroatoms. The van der Waals surface area contributed by atoms with E-state index in [0.717, 1.165) is 12.8 Å². The molecule has 0 bridgehead atoms. The van der Waals surface area contributed by atoms with Crippen molar-refractivity contribution in [2.75, 3.05) is 26.7 Å². The molecule has 0 amide bonds. The Hall–Kier alpha value is -0.170. The molecule has 1 heterocycles. The van der Waals surface area contributed by atoms with Gasteiger partial charge in [0, 0.05) is 26.2 Å². The van der Waals surface area contributed by atoms with Gasteiger partial charge in [0.25, 0.3) is 10.2 Å². The zero-order chi connectivity index (χ0) is 13.1. The van der Waals surface area contributed by atoms with Gasteiger partial charge in [-0.15, -0.1) is 0 Å². The van der Waals surface area contributed by atoms with Crippen molar-refractivity contribution in [1.29, 1.82) is 0 Å². The molecule has 1 aliphatic heterocycles. The Morgan fingerprint density at radius 2 is 2.18 bits per heavy atom. The highest BCUT2D eigenvalue weighted by Crippen LogP contribution is 2.21. The fraction of sp³-hybridized carbons (Fsp3) is 1.00. The number of nitrogens with zero attached hydrogens (tertiary/aromatic N) is 2. The van der Waals surface area contributed by atoms with Gasteiger partial charge in [-0.05, 0) is 38.6 Å². The normalized spacial score (nSPS) is 25.1. The summed E-state index contributed by atoms with van der Waals surface area (Å²) in [7, 11) is -1.66. The Morgan fingerprint density at radius 1 is 1.53 bits per heavy atom. The fourth-order valence-electron chi connectivity index (χ4n) is 2.19. The first-order valence-electron chi connectivity index (χ1n) is 6.32. The smallest absolute Gasteiger partial charge is 0.281 e. The zero-order valence-corrected chi connectivity index (χ0v) is 11.9. The second kappa shape index (κ2) is 6.13. The summed E-state index contributed by atoms with van der Waals surface area (Å²) in [4.78, 5) is 0. The van der Waals surface area contributed by atoms with Gasteiger partial charge in [0.05, 0.1) is 0 Å². The van der Waals surface area contributed by atoms with Gasteiger partial charge in [-0.25, -0.2) is 0 Å². The zero-order valence-electron chi connectivity index (χ0n) is 11.1. The lowest BCUT2D eigenvalue weighted by molar-refractivity contribution is 0.252. The van der Waals surface area contributed by atoms with Crippen molar-refractivity contribution in [2.45, 2.75) is 39.2 Å². The minimum atomic E-state index is -3.31. The van der Waals surface area contributed by atoms with Crippen molar-refractivity contribution in [3.63, 3.8) is 0 Å². The van der Waals surface area contributed by atoms with Crippen molar-refractivity contribution >= 4 is 10.2 Å². The highest BCUT2D eigenvalue weighted by atomic mass is 32.2. The average Bonchev–Trinajstić information content (AvgIpc) is 2.28. The molecule has 1 fully saturated rings. The maximum atomic E-state index is 12.4. The van der Waals surface area contributed by atoms with E-state index in [0.29, 0.717) is 32.0 Å². The van der Waals surface area contributed by atoms with Crippen LogP contribution in [0.5, 0.6) is 0 Å². The van der Waals surface area contributed by atoms with E-state index in [2.05, 4.69) is 6.92 Å². The maximum absolute atomic E-state index is 12.4. The molecule has 2 N–H and O–H groups in total. The van der Waals surface area contributed by atoms with Gasteiger partial charge in [-0.2, -0.15) is 17.0 Å². The summed E-state index contributed by atoms with van der Waals surface area (Å²) in [5, 5.41) is 0. The summed E-state index contributed by atoms with van der Waals surface area (Å²) in [5.41, 5.74) is 5.48. The molecule has 1 rings (SSSR count). The van der Waals surface area contributed by atoms with Crippen molar-refractivity contribution < 1.29 is 8.42 Å². The van der Waals surface area contributed by atoms with Crippen LogP contribution >= 0.6 is 0 Å². The second-order valence-electron chi connectivity index (χ2n) is 5.06. The van der Waals surface area contributed by atoms with Gasteiger partial charge in [0.1, 0.15) is 0 Å². The first kappa shape index (κ1) is 14.9. The van der Waals surface area contributed by atoms with Crippen molar-refractivity contribution in [1.82, 2.24) is 8.61 Å². The minimum absolute atomic E-state index is 0.0396. The number of hydrogen-bond acceptors (Lipinski definition) is 3. The Labute approximate surface area is 105 Å². The van der Waals surface area contributed by atoms with Crippen LogP contribution in [-0.2, 0) is 10.2 Å². The molecule has 2 atom stereocenters. The Kier molecular flexibility index (Phi) is 5.37. The molecule has 1 saturated heterocycles. The molecule has 0 radical (unpaired) electrons. The standard InChI is InChI=1S/C11H25N3O2S/c1-10-5-4-8-14(9-10)17(15,16)13(3)11(2)6-7-12/h10-11H,4-9,12H2,1-3H3. The van der Waals surface area contributed by atoms with Crippen molar-refractivity contribution in [3.8, 4) is 0 Å². The molecule has 17 heavy (non-hydrogen) atoms. The third-order valence-electron chi connectivity index (χ3n) is 3.52. The lowest BCUT2D eigenvalue weighted by Crippen LogP contribution is -2.49. The molecular formula is C11H25N3O2S. The predicted octanol–water partition coefficient (Wildman–Crippen LogP) is 0.632. The first-order chi connectivity index (χ1) is 7.89. The Morgan fingerprint density at radius 3 is 2.71 bits per heavy atom. The van der Waals surface area contributed by atoms with Crippen molar-refractivity contribution in [2.24, 2.45) is 11.7 Å². The molecule has 0 saturated carbocycles. The van der Waals surface area contributed by atoms with Crippen LogP contribution in [0.4, 0.5) is 0 Å². The van der Waals surface area contributed by atoms with Crippen LogP contribution in [0, 0.1) is 5.92 Å². The molecule has 0 aromatic rings. The highest BCUT2D eigenvalue weighted by Gasteiger charge is 2.32. The summed E-state index contributed by atoms with van der Waals surface area (Å²) in [6.07, 6.45) is 2.77. The monoisotopic (exact) mass is 263 g/mol. The topological polar surface area (TPSA) is 66.6 Å². The molecule has 2 unspecified atom stereocenters. The highest BCUT2D eigenvalue weighted by molar-refractivity contribution is 7.86. The summed E-state index contributed by atoms with van der Waals surface area (Å²) in [5.74, 6) is 0.455. The molecule has 1 aliphatic rings. The minimum Gasteiger partial charge on any atom is -0.330 e.